The molecule has 0 saturated heterocycles. The summed E-state index contributed by atoms with van der Waals surface area (Å²) in [4.78, 5) is 11.7. The van der Waals surface area contributed by atoms with Crippen LogP contribution >= 0.6 is 0 Å². The normalized spacial score (nSPS) is 15.0. The van der Waals surface area contributed by atoms with Crippen molar-refractivity contribution in [2.24, 2.45) is 0 Å². The number of halogens is 3. The van der Waals surface area contributed by atoms with Crippen LogP contribution in [0.5, 0.6) is 0 Å². The molecule has 0 bridgehead atoms. The number of amides is 1. The van der Waals surface area contributed by atoms with E-state index in [0.717, 1.165) is 0 Å². The molecule has 1 rings (SSSR count). The van der Waals surface area contributed by atoms with E-state index >= 15 is 0 Å². The zero-order chi connectivity index (χ0) is 17.0. The van der Waals surface area contributed by atoms with Crippen molar-refractivity contribution in [3.8, 4) is 0 Å². The van der Waals surface area contributed by atoms with Crippen molar-refractivity contribution >= 4 is 6.09 Å². The third-order valence-electron chi connectivity index (χ3n) is 2.72. The zero-order valence-electron chi connectivity index (χ0n) is 12.6. The Labute approximate surface area is 127 Å². The zero-order valence-corrected chi connectivity index (χ0v) is 12.6. The van der Waals surface area contributed by atoms with Gasteiger partial charge >= 0.3 is 12.3 Å². The monoisotopic (exact) mass is 319 g/mol. The molecule has 0 aliphatic rings. The maximum atomic E-state index is 12.7. The second-order valence-electron chi connectivity index (χ2n) is 5.93. The summed E-state index contributed by atoms with van der Waals surface area (Å²) in [5.74, 6) is 0. The van der Waals surface area contributed by atoms with Gasteiger partial charge in [-0.25, -0.2) is 4.79 Å². The van der Waals surface area contributed by atoms with Crippen LogP contribution in [-0.2, 0) is 11.2 Å². The summed E-state index contributed by atoms with van der Waals surface area (Å²) >= 11 is 0. The van der Waals surface area contributed by atoms with Gasteiger partial charge in [-0.05, 0) is 32.8 Å². The van der Waals surface area contributed by atoms with Gasteiger partial charge in [-0.3, -0.25) is 0 Å². The molecule has 1 amide bonds. The Kier molecular flexibility index (Phi) is 5.82. The van der Waals surface area contributed by atoms with E-state index in [-0.39, 0.29) is 6.42 Å². The summed E-state index contributed by atoms with van der Waals surface area (Å²) in [6, 6.07) is 6.76. The van der Waals surface area contributed by atoms with Crippen LogP contribution in [0.15, 0.2) is 30.3 Å². The first-order chi connectivity index (χ1) is 9.99. The molecule has 0 heterocycles. The fourth-order valence-corrected chi connectivity index (χ4v) is 1.80. The van der Waals surface area contributed by atoms with Crippen molar-refractivity contribution in [2.45, 2.75) is 51.1 Å². The third kappa shape index (κ3) is 6.34. The number of ether oxygens (including phenoxy) is 1. The van der Waals surface area contributed by atoms with Crippen LogP contribution in [-0.4, -0.2) is 35.1 Å². The molecule has 7 heteroatoms. The van der Waals surface area contributed by atoms with Crippen LogP contribution in [0.4, 0.5) is 18.0 Å². The highest BCUT2D eigenvalue weighted by atomic mass is 19.4. The number of hydrogen-bond acceptors (Lipinski definition) is 3. The number of aliphatic hydroxyl groups is 1. The number of benzene rings is 1. The molecule has 0 aliphatic carbocycles. The van der Waals surface area contributed by atoms with Crippen LogP contribution < -0.4 is 5.32 Å². The molecule has 2 atom stereocenters. The molecular formula is C15H20F3NO3. The van der Waals surface area contributed by atoms with Crippen molar-refractivity contribution in [1.29, 1.82) is 0 Å². The van der Waals surface area contributed by atoms with Gasteiger partial charge in [0.2, 0.25) is 0 Å². The molecular weight excluding hydrogens is 299 g/mol. The second kappa shape index (κ2) is 7.00. The maximum Gasteiger partial charge on any atom is 0.416 e. The van der Waals surface area contributed by atoms with Crippen LogP contribution in [0.3, 0.4) is 0 Å². The Morgan fingerprint density at radius 3 is 2.23 bits per heavy atom. The van der Waals surface area contributed by atoms with Crippen LogP contribution in [0, 0.1) is 0 Å². The fraction of sp³-hybridized carbons (Fsp3) is 0.533. The topological polar surface area (TPSA) is 58.6 Å². The van der Waals surface area contributed by atoms with E-state index in [0.29, 0.717) is 5.56 Å². The van der Waals surface area contributed by atoms with E-state index in [9.17, 15) is 23.1 Å². The van der Waals surface area contributed by atoms with E-state index < -0.39 is 30.0 Å². The van der Waals surface area contributed by atoms with Gasteiger partial charge < -0.3 is 15.2 Å². The number of nitrogens with one attached hydrogen (secondary N) is 1. The summed E-state index contributed by atoms with van der Waals surface area (Å²) in [7, 11) is 0. The van der Waals surface area contributed by atoms with Gasteiger partial charge in [0.05, 0.1) is 6.04 Å². The van der Waals surface area contributed by atoms with Gasteiger partial charge in [0, 0.05) is 0 Å². The molecule has 0 spiro atoms. The number of aliphatic hydroxyl groups excluding tert-OH is 1. The Morgan fingerprint density at radius 1 is 1.23 bits per heavy atom. The van der Waals surface area contributed by atoms with E-state index in [1.165, 1.54) is 0 Å². The first-order valence-corrected chi connectivity index (χ1v) is 6.77. The van der Waals surface area contributed by atoms with Gasteiger partial charge in [0.25, 0.3) is 0 Å². The smallest absolute Gasteiger partial charge is 0.416 e. The second-order valence-corrected chi connectivity index (χ2v) is 5.93. The number of alkyl carbamates (subject to hydrolysis) is 1. The Morgan fingerprint density at radius 2 is 1.77 bits per heavy atom. The average molecular weight is 319 g/mol. The van der Waals surface area contributed by atoms with Crippen LogP contribution in [0.1, 0.15) is 26.3 Å². The molecule has 4 nitrogen and oxygen atoms in total. The highest BCUT2D eigenvalue weighted by molar-refractivity contribution is 5.68. The van der Waals surface area contributed by atoms with Gasteiger partial charge in [0.15, 0.2) is 6.10 Å². The number of carbonyl (C=O) groups is 1. The minimum absolute atomic E-state index is 0.166. The molecule has 0 unspecified atom stereocenters. The predicted molar refractivity (Wildman–Crippen MR) is 75.4 cm³/mol. The lowest BCUT2D eigenvalue weighted by Crippen LogP contribution is -2.52. The summed E-state index contributed by atoms with van der Waals surface area (Å²) in [5.41, 5.74) is -0.281. The summed E-state index contributed by atoms with van der Waals surface area (Å²) in [6.45, 7) is 4.79. The minimum atomic E-state index is -4.84. The number of alkyl halides is 3. The largest absolute Gasteiger partial charge is 0.444 e. The first kappa shape index (κ1) is 18.3. The number of rotatable bonds is 4. The van der Waals surface area contributed by atoms with Crippen molar-refractivity contribution in [3.05, 3.63) is 35.9 Å². The highest BCUT2D eigenvalue weighted by Crippen LogP contribution is 2.24. The molecule has 0 fully saturated rings. The quantitative estimate of drug-likeness (QED) is 0.897. The van der Waals surface area contributed by atoms with E-state index in [2.05, 4.69) is 5.32 Å². The fourth-order valence-electron chi connectivity index (χ4n) is 1.80. The van der Waals surface area contributed by atoms with Crippen molar-refractivity contribution in [3.63, 3.8) is 0 Å². The van der Waals surface area contributed by atoms with Gasteiger partial charge in [0.1, 0.15) is 5.60 Å². The molecule has 0 aliphatic heterocycles. The number of carbonyl (C=O) groups excluding carboxylic acids is 1. The van der Waals surface area contributed by atoms with E-state index in [1.807, 2.05) is 0 Å². The Bertz CT molecular complexity index is 483. The Hall–Kier alpha value is -1.76. The lowest BCUT2D eigenvalue weighted by molar-refractivity contribution is -0.211. The van der Waals surface area contributed by atoms with E-state index in [1.54, 1.807) is 51.1 Å². The highest BCUT2D eigenvalue weighted by Gasteiger charge is 2.44. The van der Waals surface area contributed by atoms with Gasteiger partial charge in [-0.15, -0.1) is 0 Å². The van der Waals surface area contributed by atoms with Crippen LogP contribution in [0.25, 0.3) is 0 Å². The Balaban J connectivity index is 2.85. The predicted octanol–water partition coefficient (Wildman–Crippen LogP) is 3.05. The lowest BCUT2D eigenvalue weighted by atomic mass is 10.0. The average Bonchev–Trinajstić information content (AvgIpc) is 2.35. The first-order valence-electron chi connectivity index (χ1n) is 6.77. The summed E-state index contributed by atoms with van der Waals surface area (Å²) in [5, 5.41) is 11.6. The van der Waals surface area contributed by atoms with Crippen LogP contribution in [0.2, 0.25) is 0 Å². The molecule has 0 saturated carbocycles. The van der Waals surface area contributed by atoms with Crippen molar-refractivity contribution in [1.82, 2.24) is 5.32 Å². The lowest BCUT2D eigenvalue weighted by Gasteiger charge is -2.27. The van der Waals surface area contributed by atoms with E-state index in [4.69, 9.17) is 4.74 Å². The van der Waals surface area contributed by atoms with Gasteiger partial charge in [-0.2, -0.15) is 13.2 Å². The summed E-state index contributed by atoms with van der Waals surface area (Å²) in [6.07, 6.45) is -8.69. The third-order valence-corrected chi connectivity index (χ3v) is 2.72. The molecule has 124 valence electrons. The summed E-state index contributed by atoms with van der Waals surface area (Å²) < 4.78 is 43.2. The maximum absolute atomic E-state index is 12.7. The standard InChI is InChI=1S/C15H20F3NO3/c1-14(2,3)22-13(21)19-11(12(20)15(16,17)18)9-10-7-5-4-6-8-10/h4-8,11-12,20H,9H2,1-3H3,(H,19,21)/t11-,12+/m0/s1. The molecule has 2 N–H and O–H groups in total. The van der Waals surface area contributed by atoms with Crippen molar-refractivity contribution < 1.29 is 27.8 Å². The van der Waals surface area contributed by atoms with Gasteiger partial charge in [-0.1, -0.05) is 30.3 Å². The molecule has 1 aromatic carbocycles. The molecule has 0 aromatic heterocycles. The number of hydrogen-bond donors (Lipinski definition) is 2. The SMILES string of the molecule is CC(C)(C)OC(=O)N[C@@H](Cc1ccccc1)[C@@H](O)C(F)(F)F. The molecule has 1 aromatic rings. The van der Waals surface area contributed by atoms with Crippen molar-refractivity contribution in [2.75, 3.05) is 0 Å². The minimum Gasteiger partial charge on any atom is -0.444 e. The molecule has 22 heavy (non-hydrogen) atoms. The molecule has 0 radical (unpaired) electrons.